The maximum atomic E-state index is 12.4. The van der Waals surface area contributed by atoms with Gasteiger partial charge in [0.25, 0.3) is 5.91 Å². The Balaban J connectivity index is 2.13. The lowest BCUT2D eigenvalue weighted by Gasteiger charge is -2.36. The average molecular weight is 266 g/mol. The van der Waals surface area contributed by atoms with E-state index in [9.17, 15) is 9.90 Å². The summed E-state index contributed by atoms with van der Waals surface area (Å²) in [6, 6.07) is 1.79. The van der Waals surface area contributed by atoms with Crippen LogP contribution >= 0.6 is 0 Å². The smallest absolute Gasteiger partial charge is 0.253 e. The molecule has 0 atom stereocenters. The minimum atomic E-state index is -0.541. The molecule has 0 aromatic carbocycles. The first kappa shape index (κ1) is 14.1. The van der Waals surface area contributed by atoms with Crippen molar-refractivity contribution in [3.8, 4) is 0 Å². The Morgan fingerprint density at radius 1 is 1.53 bits per heavy atom. The molecular formula is C14H22N2O3. The van der Waals surface area contributed by atoms with Gasteiger partial charge in [-0.2, -0.15) is 0 Å². The monoisotopic (exact) mass is 266 g/mol. The molecule has 1 aromatic heterocycles. The summed E-state index contributed by atoms with van der Waals surface area (Å²) < 4.78 is 5.29. The van der Waals surface area contributed by atoms with Crippen LogP contribution in [0.25, 0.3) is 0 Å². The molecule has 2 heterocycles. The summed E-state index contributed by atoms with van der Waals surface area (Å²) >= 11 is 0. The van der Waals surface area contributed by atoms with E-state index < -0.39 is 5.54 Å². The van der Waals surface area contributed by atoms with E-state index in [-0.39, 0.29) is 18.4 Å². The van der Waals surface area contributed by atoms with Gasteiger partial charge in [0.2, 0.25) is 0 Å². The summed E-state index contributed by atoms with van der Waals surface area (Å²) in [6.07, 6.45) is 3.08. The third-order valence-corrected chi connectivity index (χ3v) is 3.73. The number of rotatable bonds is 4. The Morgan fingerprint density at radius 2 is 2.21 bits per heavy atom. The number of amides is 1. The molecule has 19 heavy (non-hydrogen) atoms. The summed E-state index contributed by atoms with van der Waals surface area (Å²) in [6.45, 7) is 5.18. The third-order valence-electron chi connectivity index (χ3n) is 3.73. The SMILES string of the molecule is CC(C)c1[nH]ccc1C(=O)NC1(CO)CCOCC1. The number of carbonyl (C=O) groups is 1. The van der Waals surface area contributed by atoms with Crippen molar-refractivity contribution in [2.24, 2.45) is 0 Å². The fraction of sp³-hybridized carbons (Fsp3) is 0.643. The van der Waals surface area contributed by atoms with Crippen molar-refractivity contribution in [3.05, 3.63) is 23.5 Å². The number of aliphatic hydroxyl groups excluding tert-OH is 1. The van der Waals surface area contributed by atoms with Gasteiger partial charge in [0.15, 0.2) is 0 Å². The minimum absolute atomic E-state index is 0.0520. The average Bonchev–Trinajstić information content (AvgIpc) is 2.89. The summed E-state index contributed by atoms with van der Waals surface area (Å²) in [5.41, 5.74) is 1.05. The van der Waals surface area contributed by atoms with Crippen LogP contribution < -0.4 is 5.32 Å². The molecule has 1 aliphatic heterocycles. The maximum absolute atomic E-state index is 12.4. The number of ether oxygens (including phenoxy) is 1. The molecule has 106 valence electrons. The molecule has 1 aromatic rings. The van der Waals surface area contributed by atoms with Crippen molar-refractivity contribution in [2.45, 2.75) is 38.1 Å². The number of H-pyrrole nitrogens is 1. The van der Waals surface area contributed by atoms with Crippen LogP contribution in [0, 0.1) is 0 Å². The van der Waals surface area contributed by atoms with Crippen molar-refractivity contribution in [1.82, 2.24) is 10.3 Å². The maximum Gasteiger partial charge on any atom is 0.253 e. The Labute approximate surface area is 113 Å². The van der Waals surface area contributed by atoms with Crippen LogP contribution in [0.5, 0.6) is 0 Å². The molecule has 0 spiro atoms. The third kappa shape index (κ3) is 2.98. The second-order valence-corrected chi connectivity index (χ2v) is 5.46. The molecule has 2 rings (SSSR count). The zero-order valence-electron chi connectivity index (χ0n) is 11.5. The Kier molecular flexibility index (Phi) is 4.27. The van der Waals surface area contributed by atoms with Gasteiger partial charge < -0.3 is 20.1 Å². The van der Waals surface area contributed by atoms with Gasteiger partial charge in [-0.15, -0.1) is 0 Å². The highest BCUT2D eigenvalue weighted by atomic mass is 16.5. The lowest BCUT2D eigenvalue weighted by molar-refractivity contribution is 0.0125. The summed E-state index contributed by atoms with van der Waals surface area (Å²) in [4.78, 5) is 15.5. The molecule has 0 unspecified atom stereocenters. The van der Waals surface area contributed by atoms with Crippen molar-refractivity contribution < 1.29 is 14.6 Å². The standard InChI is InChI=1S/C14H22N2O3/c1-10(2)12-11(3-6-15-12)13(18)16-14(9-17)4-7-19-8-5-14/h3,6,10,15,17H,4-5,7-9H2,1-2H3,(H,16,18). The lowest BCUT2D eigenvalue weighted by Crippen LogP contribution is -2.54. The molecule has 5 heteroatoms. The highest BCUT2D eigenvalue weighted by molar-refractivity contribution is 5.96. The quantitative estimate of drug-likeness (QED) is 0.771. The van der Waals surface area contributed by atoms with E-state index in [0.717, 1.165) is 5.69 Å². The largest absolute Gasteiger partial charge is 0.394 e. The van der Waals surface area contributed by atoms with Gasteiger partial charge in [-0.1, -0.05) is 13.8 Å². The number of hydrogen-bond acceptors (Lipinski definition) is 3. The van der Waals surface area contributed by atoms with Gasteiger partial charge in [-0.3, -0.25) is 4.79 Å². The van der Waals surface area contributed by atoms with Crippen LogP contribution in [0.4, 0.5) is 0 Å². The van der Waals surface area contributed by atoms with Crippen LogP contribution in [0.15, 0.2) is 12.3 Å². The fourth-order valence-corrected chi connectivity index (χ4v) is 2.45. The summed E-state index contributed by atoms with van der Waals surface area (Å²) in [5, 5.41) is 12.6. The zero-order chi connectivity index (χ0) is 13.9. The van der Waals surface area contributed by atoms with E-state index in [0.29, 0.717) is 31.6 Å². The van der Waals surface area contributed by atoms with E-state index in [4.69, 9.17) is 4.74 Å². The highest BCUT2D eigenvalue weighted by Gasteiger charge is 2.34. The lowest BCUT2D eigenvalue weighted by atomic mass is 9.90. The summed E-state index contributed by atoms with van der Waals surface area (Å²) in [7, 11) is 0. The topological polar surface area (TPSA) is 74.4 Å². The second kappa shape index (κ2) is 5.75. The predicted molar refractivity (Wildman–Crippen MR) is 72.2 cm³/mol. The van der Waals surface area contributed by atoms with Gasteiger partial charge >= 0.3 is 0 Å². The Morgan fingerprint density at radius 3 is 2.79 bits per heavy atom. The van der Waals surface area contributed by atoms with Crippen molar-refractivity contribution in [2.75, 3.05) is 19.8 Å². The van der Waals surface area contributed by atoms with E-state index >= 15 is 0 Å². The molecule has 1 saturated heterocycles. The van der Waals surface area contributed by atoms with E-state index in [2.05, 4.69) is 10.3 Å². The molecule has 1 fully saturated rings. The molecule has 1 aliphatic rings. The van der Waals surface area contributed by atoms with Crippen molar-refractivity contribution in [3.63, 3.8) is 0 Å². The number of aromatic amines is 1. The number of aliphatic hydroxyl groups is 1. The predicted octanol–water partition coefficient (Wildman–Crippen LogP) is 1.41. The van der Waals surface area contributed by atoms with Crippen LogP contribution in [0.1, 0.15) is 48.7 Å². The van der Waals surface area contributed by atoms with Crippen LogP contribution in [-0.2, 0) is 4.74 Å². The van der Waals surface area contributed by atoms with E-state index in [1.807, 2.05) is 13.8 Å². The highest BCUT2D eigenvalue weighted by Crippen LogP contribution is 2.23. The first-order valence-electron chi connectivity index (χ1n) is 6.76. The molecule has 0 aliphatic carbocycles. The van der Waals surface area contributed by atoms with Crippen LogP contribution in [0.2, 0.25) is 0 Å². The second-order valence-electron chi connectivity index (χ2n) is 5.46. The number of nitrogens with one attached hydrogen (secondary N) is 2. The van der Waals surface area contributed by atoms with E-state index in [1.165, 1.54) is 0 Å². The number of hydrogen-bond donors (Lipinski definition) is 3. The van der Waals surface area contributed by atoms with Crippen LogP contribution in [0.3, 0.4) is 0 Å². The first-order chi connectivity index (χ1) is 9.08. The molecule has 0 radical (unpaired) electrons. The Hall–Kier alpha value is -1.33. The van der Waals surface area contributed by atoms with Gasteiger partial charge in [0.05, 0.1) is 17.7 Å². The zero-order valence-corrected chi connectivity index (χ0v) is 11.5. The van der Waals surface area contributed by atoms with E-state index in [1.54, 1.807) is 12.3 Å². The van der Waals surface area contributed by atoms with Gasteiger partial charge in [0.1, 0.15) is 0 Å². The van der Waals surface area contributed by atoms with Crippen molar-refractivity contribution in [1.29, 1.82) is 0 Å². The van der Waals surface area contributed by atoms with Gasteiger partial charge in [-0.05, 0) is 24.8 Å². The van der Waals surface area contributed by atoms with Gasteiger partial charge in [-0.25, -0.2) is 0 Å². The molecule has 3 N–H and O–H groups in total. The summed E-state index contributed by atoms with van der Waals surface area (Å²) in [5.74, 6) is 0.136. The first-order valence-corrected chi connectivity index (χ1v) is 6.76. The minimum Gasteiger partial charge on any atom is -0.394 e. The number of aromatic nitrogens is 1. The fourth-order valence-electron chi connectivity index (χ4n) is 2.45. The molecule has 1 amide bonds. The van der Waals surface area contributed by atoms with Crippen molar-refractivity contribution >= 4 is 5.91 Å². The molecule has 0 saturated carbocycles. The van der Waals surface area contributed by atoms with Crippen LogP contribution in [-0.4, -0.2) is 41.4 Å². The normalized spacial score (nSPS) is 18.5. The molecular weight excluding hydrogens is 244 g/mol. The van der Waals surface area contributed by atoms with Gasteiger partial charge in [0, 0.05) is 25.1 Å². The molecule has 5 nitrogen and oxygen atoms in total. The Bertz CT molecular complexity index is 434. The molecule has 0 bridgehead atoms. The number of carbonyl (C=O) groups excluding carboxylic acids is 1.